The minimum absolute atomic E-state index is 0.0286. The number of imidazole rings is 1. The summed E-state index contributed by atoms with van der Waals surface area (Å²) in [6, 6.07) is 9.57. The molecule has 2 heterocycles. The van der Waals surface area contributed by atoms with Gasteiger partial charge in [0.15, 0.2) is 11.5 Å². The molecule has 4 amide bonds. The molecule has 4 rings (SSSR count). The highest BCUT2D eigenvalue weighted by Gasteiger charge is 2.32. The summed E-state index contributed by atoms with van der Waals surface area (Å²) in [5, 5.41) is 11.7. The van der Waals surface area contributed by atoms with Gasteiger partial charge in [-0.3, -0.25) is 24.1 Å². The molecule has 0 unspecified atom stereocenters. The number of rotatable bonds is 13. The molecule has 288 valence electrons. The molecular formula is C39H55N7O7. The van der Waals surface area contributed by atoms with Gasteiger partial charge >= 0.3 is 0 Å². The Kier molecular flexibility index (Phi) is 15.1. The molecule has 1 saturated heterocycles. The van der Waals surface area contributed by atoms with Crippen LogP contribution in [0.1, 0.15) is 52.2 Å². The molecule has 1 aliphatic heterocycles. The highest BCUT2D eigenvalue weighted by Crippen LogP contribution is 2.32. The first-order chi connectivity index (χ1) is 25.4. The van der Waals surface area contributed by atoms with Gasteiger partial charge in [0.2, 0.25) is 23.6 Å². The van der Waals surface area contributed by atoms with Gasteiger partial charge in [0.25, 0.3) is 0 Å². The summed E-state index contributed by atoms with van der Waals surface area (Å²) >= 11 is 0. The predicted octanol–water partition coefficient (Wildman–Crippen LogP) is 2.70. The fourth-order valence-electron chi connectivity index (χ4n) is 6.12. The number of amides is 4. The van der Waals surface area contributed by atoms with Crippen LogP contribution in [0.2, 0.25) is 0 Å². The fourth-order valence-corrected chi connectivity index (χ4v) is 6.12. The molecule has 3 aromatic rings. The van der Waals surface area contributed by atoms with Crippen LogP contribution in [-0.2, 0) is 38.7 Å². The summed E-state index contributed by atoms with van der Waals surface area (Å²) in [6.45, 7) is 10.9. The van der Waals surface area contributed by atoms with Gasteiger partial charge in [0.05, 0.1) is 33.6 Å². The van der Waals surface area contributed by atoms with Crippen LogP contribution in [0.25, 0.3) is 0 Å². The minimum Gasteiger partial charge on any atom is -0.497 e. The van der Waals surface area contributed by atoms with Crippen LogP contribution in [0.3, 0.4) is 0 Å². The van der Waals surface area contributed by atoms with Gasteiger partial charge in [-0.1, -0.05) is 52.0 Å². The number of carbonyl (C=O) groups is 4. The van der Waals surface area contributed by atoms with Crippen molar-refractivity contribution in [1.29, 1.82) is 0 Å². The van der Waals surface area contributed by atoms with Gasteiger partial charge in [-0.2, -0.15) is 0 Å². The number of carbonyl (C=O) groups excluding carboxylic acids is 4. The Labute approximate surface area is 312 Å². The molecule has 4 N–H and O–H groups in total. The number of hydrogen-bond donors (Lipinski definition) is 4. The van der Waals surface area contributed by atoms with Crippen LogP contribution in [0.5, 0.6) is 17.2 Å². The van der Waals surface area contributed by atoms with Crippen molar-refractivity contribution in [3.63, 3.8) is 0 Å². The van der Waals surface area contributed by atoms with E-state index in [1.54, 1.807) is 45.8 Å². The maximum Gasteiger partial charge on any atom is 0.243 e. The molecular weight excluding hydrogens is 678 g/mol. The molecule has 0 saturated carbocycles. The lowest BCUT2D eigenvalue weighted by molar-refractivity contribution is -0.133. The van der Waals surface area contributed by atoms with Crippen molar-refractivity contribution in [2.75, 3.05) is 33.9 Å². The number of benzene rings is 2. The molecule has 0 radical (unpaired) electrons. The Bertz CT molecular complexity index is 1650. The molecule has 1 aromatic heterocycles. The summed E-state index contributed by atoms with van der Waals surface area (Å²) in [5.74, 6) is 0.0353. The standard InChI is InChI=1S/C39H55N7O7/c1-25(2)19-31-39(50)43-32(20-28-11-13-30(51-6)14-12-28)38(49)41-27(5)37(48)44-33(26(3)4)22-46(23-35(47)42-31)21-29-9-8-10-34(52-7)36(29)53-18-17-45-16-15-40-24-45/h8-16,24-27,31-33H,17-23H2,1-7H3,(H,41,49)(H,42,47)(H,43,50)(H,44,48)/t27-,31+,32+,33-/m1/s1. The first kappa shape index (κ1) is 40.7. The molecule has 4 atom stereocenters. The quantitative estimate of drug-likeness (QED) is 0.207. The third kappa shape index (κ3) is 12.2. The maximum atomic E-state index is 13.9. The molecule has 0 aliphatic carbocycles. The number of nitrogens with one attached hydrogen (secondary N) is 4. The van der Waals surface area contributed by atoms with Crippen LogP contribution in [0.15, 0.2) is 61.2 Å². The van der Waals surface area contributed by atoms with Crippen LogP contribution in [-0.4, -0.2) is 96.2 Å². The number of hydrogen-bond acceptors (Lipinski definition) is 9. The summed E-state index contributed by atoms with van der Waals surface area (Å²) in [6.07, 6.45) is 5.79. The predicted molar refractivity (Wildman–Crippen MR) is 200 cm³/mol. The lowest BCUT2D eigenvalue weighted by Gasteiger charge is -2.31. The molecule has 1 aliphatic rings. The number of aromatic nitrogens is 2. The normalized spacial score (nSPS) is 20.8. The zero-order chi connectivity index (χ0) is 38.5. The average molecular weight is 734 g/mol. The van der Waals surface area contributed by atoms with Gasteiger partial charge in [0.1, 0.15) is 30.5 Å². The van der Waals surface area contributed by atoms with E-state index in [9.17, 15) is 19.2 Å². The van der Waals surface area contributed by atoms with E-state index in [4.69, 9.17) is 14.2 Å². The van der Waals surface area contributed by atoms with Crippen molar-refractivity contribution >= 4 is 23.6 Å². The van der Waals surface area contributed by atoms with Crippen LogP contribution < -0.4 is 35.5 Å². The van der Waals surface area contributed by atoms with E-state index in [-0.39, 0.29) is 43.2 Å². The van der Waals surface area contributed by atoms with E-state index in [1.165, 1.54) is 0 Å². The fraction of sp³-hybridized carbons (Fsp3) is 0.513. The Morgan fingerprint density at radius 2 is 1.60 bits per heavy atom. The summed E-state index contributed by atoms with van der Waals surface area (Å²) in [5.41, 5.74) is 1.57. The van der Waals surface area contributed by atoms with E-state index in [0.29, 0.717) is 43.4 Å². The number of ether oxygens (including phenoxy) is 3. The van der Waals surface area contributed by atoms with E-state index in [0.717, 1.165) is 11.1 Å². The third-order valence-corrected chi connectivity index (χ3v) is 9.13. The first-order valence-corrected chi connectivity index (χ1v) is 18.2. The Morgan fingerprint density at radius 3 is 2.25 bits per heavy atom. The third-order valence-electron chi connectivity index (χ3n) is 9.13. The topological polar surface area (TPSA) is 165 Å². The van der Waals surface area contributed by atoms with Gasteiger partial charge in [-0.25, -0.2) is 4.98 Å². The molecule has 53 heavy (non-hydrogen) atoms. The Morgan fingerprint density at radius 1 is 0.868 bits per heavy atom. The Hall–Kier alpha value is -5.11. The van der Waals surface area contributed by atoms with Crippen LogP contribution >= 0.6 is 0 Å². The lowest BCUT2D eigenvalue weighted by Crippen LogP contribution is -2.57. The zero-order valence-corrected chi connectivity index (χ0v) is 31.9. The van der Waals surface area contributed by atoms with Crippen molar-refractivity contribution in [1.82, 2.24) is 35.7 Å². The number of methoxy groups -OCH3 is 2. The molecule has 0 spiro atoms. The minimum atomic E-state index is -1.01. The van der Waals surface area contributed by atoms with Gasteiger partial charge in [-0.05, 0) is 48.9 Å². The van der Waals surface area contributed by atoms with E-state index >= 15 is 0 Å². The molecule has 14 heteroatoms. The average Bonchev–Trinajstić information content (AvgIpc) is 3.64. The summed E-state index contributed by atoms with van der Waals surface area (Å²) in [4.78, 5) is 61.1. The highest BCUT2D eigenvalue weighted by molar-refractivity contribution is 5.94. The molecule has 2 aromatic carbocycles. The smallest absolute Gasteiger partial charge is 0.243 e. The molecule has 14 nitrogen and oxygen atoms in total. The van der Waals surface area contributed by atoms with Crippen LogP contribution in [0, 0.1) is 11.8 Å². The van der Waals surface area contributed by atoms with Gasteiger partial charge < -0.3 is 40.0 Å². The molecule has 0 bridgehead atoms. The monoisotopic (exact) mass is 733 g/mol. The van der Waals surface area contributed by atoms with E-state index in [1.807, 2.05) is 73.7 Å². The summed E-state index contributed by atoms with van der Waals surface area (Å²) < 4.78 is 19.1. The lowest BCUT2D eigenvalue weighted by atomic mass is 10.0. The second kappa shape index (κ2) is 19.6. The first-order valence-electron chi connectivity index (χ1n) is 18.2. The van der Waals surface area contributed by atoms with Crippen molar-refractivity contribution in [3.8, 4) is 17.2 Å². The maximum absolute atomic E-state index is 13.9. The van der Waals surface area contributed by atoms with Crippen molar-refractivity contribution in [2.45, 2.75) is 84.7 Å². The SMILES string of the molecule is COc1ccc(C[C@@H]2NC(=O)[C@H](CC(C)C)NC(=O)CN(Cc3cccc(OC)c3OCCn3ccnc3)C[C@H](C(C)C)NC(=O)[C@@H](C)NC2=O)cc1. The number of nitrogens with zero attached hydrogens (tertiary/aromatic N) is 3. The van der Waals surface area contributed by atoms with Crippen molar-refractivity contribution < 1.29 is 33.4 Å². The zero-order valence-electron chi connectivity index (χ0n) is 31.9. The second-order valence-corrected chi connectivity index (χ2v) is 14.2. The van der Waals surface area contributed by atoms with Gasteiger partial charge in [-0.15, -0.1) is 0 Å². The van der Waals surface area contributed by atoms with E-state index in [2.05, 4.69) is 26.3 Å². The highest BCUT2D eigenvalue weighted by atomic mass is 16.5. The van der Waals surface area contributed by atoms with Crippen LogP contribution in [0.4, 0.5) is 0 Å². The van der Waals surface area contributed by atoms with Crippen molar-refractivity contribution in [2.24, 2.45) is 11.8 Å². The van der Waals surface area contributed by atoms with Crippen molar-refractivity contribution in [3.05, 3.63) is 72.3 Å². The van der Waals surface area contributed by atoms with E-state index < -0.39 is 36.0 Å². The second-order valence-electron chi connectivity index (χ2n) is 14.2. The summed E-state index contributed by atoms with van der Waals surface area (Å²) in [7, 11) is 3.14. The Balaban J connectivity index is 1.65. The largest absolute Gasteiger partial charge is 0.497 e. The molecule has 1 fully saturated rings. The number of para-hydroxylation sites is 1. The van der Waals surface area contributed by atoms with Gasteiger partial charge in [0, 0.05) is 43.5 Å².